The molecule has 0 aliphatic heterocycles. The molecule has 1 unspecified atom stereocenters. The van der Waals surface area contributed by atoms with E-state index in [9.17, 15) is 4.79 Å². The zero-order valence-electron chi connectivity index (χ0n) is 12.3. The smallest absolute Gasteiger partial charge is 0.242 e. The molecular weight excluding hydrogens is 236 g/mol. The fourth-order valence-corrected chi connectivity index (χ4v) is 1.89. The van der Waals surface area contributed by atoms with E-state index in [4.69, 9.17) is 0 Å². The summed E-state index contributed by atoms with van der Waals surface area (Å²) in [4.78, 5) is 11.8. The fourth-order valence-electron chi connectivity index (χ4n) is 1.89. The maximum Gasteiger partial charge on any atom is 0.242 e. The Morgan fingerprint density at radius 2 is 2.00 bits per heavy atom. The van der Waals surface area contributed by atoms with E-state index in [0.717, 1.165) is 5.69 Å². The number of amides is 1. The zero-order chi connectivity index (χ0) is 14.5. The van der Waals surface area contributed by atoms with Crippen LogP contribution in [0.1, 0.15) is 33.3 Å². The predicted octanol–water partition coefficient (Wildman–Crippen LogP) is 3.09. The fraction of sp³-hybridized carbons (Fsp3) is 0.438. The maximum absolute atomic E-state index is 11.8. The van der Waals surface area contributed by atoms with Crippen molar-refractivity contribution in [2.24, 2.45) is 0 Å². The third-order valence-electron chi connectivity index (χ3n) is 2.92. The molecule has 0 heterocycles. The number of anilines is 1. The van der Waals surface area contributed by atoms with E-state index in [-0.39, 0.29) is 17.4 Å². The first kappa shape index (κ1) is 15.3. The molecule has 0 aliphatic rings. The van der Waals surface area contributed by atoms with Crippen LogP contribution in [0.4, 0.5) is 5.69 Å². The Kier molecular flexibility index (Phi) is 5.16. The summed E-state index contributed by atoms with van der Waals surface area (Å²) in [7, 11) is 0. The molecule has 1 amide bonds. The number of nitrogens with one attached hydrogen (secondary N) is 2. The average molecular weight is 260 g/mol. The highest BCUT2D eigenvalue weighted by atomic mass is 16.2. The highest BCUT2D eigenvalue weighted by molar-refractivity contribution is 5.84. The molecular formula is C16H24N2O. The largest absolute Gasteiger partial charge is 0.374 e. The van der Waals surface area contributed by atoms with Crippen molar-refractivity contribution in [3.8, 4) is 0 Å². The van der Waals surface area contributed by atoms with E-state index >= 15 is 0 Å². The molecule has 0 aliphatic carbocycles. The van der Waals surface area contributed by atoms with Gasteiger partial charge in [-0.2, -0.15) is 0 Å². The van der Waals surface area contributed by atoms with Gasteiger partial charge in [0.2, 0.25) is 5.91 Å². The summed E-state index contributed by atoms with van der Waals surface area (Å²) in [6.45, 7) is 12.4. The summed E-state index contributed by atoms with van der Waals surface area (Å²) in [5.41, 5.74) is 2.26. The predicted molar refractivity (Wildman–Crippen MR) is 81.4 cm³/mol. The lowest BCUT2D eigenvalue weighted by atomic mass is 9.85. The monoisotopic (exact) mass is 260 g/mol. The summed E-state index contributed by atoms with van der Waals surface area (Å²) >= 11 is 0. The molecule has 0 fully saturated rings. The van der Waals surface area contributed by atoms with Crippen LogP contribution in [-0.2, 0) is 10.2 Å². The second kappa shape index (κ2) is 6.41. The highest BCUT2D eigenvalue weighted by Gasteiger charge is 2.19. The van der Waals surface area contributed by atoms with Crippen LogP contribution in [0.15, 0.2) is 36.9 Å². The number of benzene rings is 1. The van der Waals surface area contributed by atoms with Crippen LogP contribution in [-0.4, -0.2) is 18.5 Å². The van der Waals surface area contributed by atoms with Crippen molar-refractivity contribution < 1.29 is 4.79 Å². The summed E-state index contributed by atoms with van der Waals surface area (Å²) in [5, 5.41) is 6.07. The van der Waals surface area contributed by atoms with E-state index in [1.54, 1.807) is 6.08 Å². The van der Waals surface area contributed by atoms with Crippen LogP contribution in [0, 0.1) is 0 Å². The van der Waals surface area contributed by atoms with Gasteiger partial charge in [-0.25, -0.2) is 0 Å². The SMILES string of the molecule is C=CCNC(=O)C(C)Nc1ccccc1C(C)(C)C. The normalized spacial score (nSPS) is 12.6. The Morgan fingerprint density at radius 1 is 1.37 bits per heavy atom. The summed E-state index contributed by atoms with van der Waals surface area (Å²) in [5.74, 6) is -0.0244. The van der Waals surface area contributed by atoms with E-state index in [0.29, 0.717) is 6.54 Å². The van der Waals surface area contributed by atoms with Gasteiger partial charge >= 0.3 is 0 Å². The van der Waals surface area contributed by atoms with E-state index < -0.39 is 0 Å². The van der Waals surface area contributed by atoms with Gasteiger partial charge in [-0.15, -0.1) is 6.58 Å². The minimum absolute atomic E-state index is 0.0244. The van der Waals surface area contributed by atoms with Gasteiger partial charge in [0.25, 0.3) is 0 Å². The Labute approximate surface area is 116 Å². The third-order valence-corrected chi connectivity index (χ3v) is 2.92. The molecule has 1 rings (SSSR count). The Morgan fingerprint density at radius 3 is 2.58 bits per heavy atom. The molecule has 3 heteroatoms. The van der Waals surface area contributed by atoms with Crippen molar-refractivity contribution in [3.05, 3.63) is 42.5 Å². The molecule has 0 aromatic heterocycles. The van der Waals surface area contributed by atoms with Crippen molar-refractivity contribution in [2.45, 2.75) is 39.2 Å². The number of para-hydroxylation sites is 1. The van der Waals surface area contributed by atoms with E-state index in [1.807, 2.05) is 25.1 Å². The number of carbonyl (C=O) groups excluding carboxylic acids is 1. The third kappa shape index (κ3) is 4.43. The summed E-state index contributed by atoms with van der Waals surface area (Å²) < 4.78 is 0. The van der Waals surface area contributed by atoms with Gasteiger partial charge in [0.1, 0.15) is 6.04 Å². The topological polar surface area (TPSA) is 41.1 Å². The Balaban J connectivity index is 2.82. The quantitative estimate of drug-likeness (QED) is 0.799. The Bertz CT molecular complexity index is 446. The molecule has 0 bridgehead atoms. The van der Waals surface area contributed by atoms with Crippen molar-refractivity contribution in [1.29, 1.82) is 0 Å². The van der Waals surface area contributed by atoms with Crippen molar-refractivity contribution in [1.82, 2.24) is 5.32 Å². The lowest BCUT2D eigenvalue weighted by Crippen LogP contribution is -2.38. The van der Waals surface area contributed by atoms with Crippen molar-refractivity contribution in [3.63, 3.8) is 0 Å². The molecule has 0 saturated heterocycles. The molecule has 1 aromatic rings. The van der Waals surface area contributed by atoms with Gasteiger partial charge in [-0.1, -0.05) is 45.0 Å². The minimum atomic E-state index is -0.275. The molecule has 2 N–H and O–H groups in total. The zero-order valence-corrected chi connectivity index (χ0v) is 12.3. The van der Waals surface area contributed by atoms with Crippen LogP contribution >= 0.6 is 0 Å². The van der Waals surface area contributed by atoms with Gasteiger partial charge in [0.05, 0.1) is 0 Å². The molecule has 3 nitrogen and oxygen atoms in total. The number of rotatable bonds is 5. The number of carbonyl (C=O) groups is 1. The first-order chi connectivity index (χ1) is 8.86. The van der Waals surface area contributed by atoms with E-state index in [1.165, 1.54) is 5.56 Å². The second-order valence-electron chi connectivity index (χ2n) is 5.70. The van der Waals surface area contributed by atoms with Crippen LogP contribution in [0.2, 0.25) is 0 Å². The molecule has 0 spiro atoms. The first-order valence-corrected chi connectivity index (χ1v) is 6.61. The first-order valence-electron chi connectivity index (χ1n) is 6.61. The van der Waals surface area contributed by atoms with Gasteiger partial charge in [0.15, 0.2) is 0 Å². The van der Waals surface area contributed by atoms with Gasteiger partial charge in [-0.05, 0) is 24.0 Å². The molecule has 19 heavy (non-hydrogen) atoms. The van der Waals surface area contributed by atoms with Gasteiger partial charge < -0.3 is 10.6 Å². The lowest BCUT2D eigenvalue weighted by molar-refractivity contribution is -0.121. The van der Waals surface area contributed by atoms with Crippen LogP contribution in [0.25, 0.3) is 0 Å². The highest BCUT2D eigenvalue weighted by Crippen LogP contribution is 2.29. The minimum Gasteiger partial charge on any atom is -0.374 e. The van der Waals surface area contributed by atoms with Crippen LogP contribution < -0.4 is 10.6 Å². The van der Waals surface area contributed by atoms with Gasteiger partial charge in [-0.3, -0.25) is 4.79 Å². The molecule has 1 atom stereocenters. The molecule has 1 aromatic carbocycles. The van der Waals surface area contributed by atoms with Crippen molar-refractivity contribution >= 4 is 11.6 Å². The standard InChI is InChI=1S/C16H24N2O/c1-6-11-17-15(19)12(2)18-14-10-8-7-9-13(14)16(3,4)5/h6-10,12,18H,1,11H2,2-5H3,(H,17,19). The summed E-state index contributed by atoms with van der Waals surface area (Å²) in [6.07, 6.45) is 1.67. The molecule has 0 radical (unpaired) electrons. The maximum atomic E-state index is 11.8. The van der Waals surface area contributed by atoms with Crippen LogP contribution in [0.3, 0.4) is 0 Å². The molecule has 104 valence electrons. The average Bonchev–Trinajstić information content (AvgIpc) is 2.35. The number of hydrogen-bond donors (Lipinski definition) is 2. The lowest BCUT2D eigenvalue weighted by Gasteiger charge is -2.25. The Hall–Kier alpha value is -1.77. The van der Waals surface area contributed by atoms with Crippen molar-refractivity contribution in [2.75, 3.05) is 11.9 Å². The van der Waals surface area contributed by atoms with Crippen LogP contribution in [0.5, 0.6) is 0 Å². The summed E-state index contributed by atoms with van der Waals surface area (Å²) in [6, 6.07) is 7.83. The van der Waals surface area contributed by atoms with Gasteiger partial charge in [0, 0.05) is 12.2 Å². The number of hydrogen-bond acceptors (Lipinski definition) is 2. The van der Waals surface area contributed by atoms with E-state index in [2.05, 4.69) is 44.1 Å². The second-order valence-corrected chi connectivity index (χ2v) is 5.70. The molecule has 0 saturated carbocycles.